The molecule has 4 heteroatoms. The summed E-state index contributed by atoms with van der Waals surface area (Å²) in [6.45, 7) is 15.4. The van der Waals surface area contributed by atoms with Crippen LogP contribution < -0.4 is 0 Å². The Morgan fingerprint density at radius 2 is 1.58 bits per heavy atom. The molecular formula is C8H25NSi3. The van der Waals surface area contributed by atoms with E-state index in [2.05, 4.69) is 50.6 Å². The third-order valence-electron chi connectivity index (χ3n) is 1.83. The summed E-state index contributed by atoms with van der Waals surface area (Å²) in [5.41, 5.74) is 1.89. The molecule has 0 spiro atoms. The van der Waals surface area contributed by atoms with E-state index in [1.807, 2.05) is 5.70 Å². The number of nitrogens with zero attached hydrogens (tertiary/aromatic N) is 1. The van der Waals surface area contributed by atoms with Crippen LogP contribution in [0.3, 0.4) is 0 Å². The molecular weight excluding hydrogens is 194 g/mol. The van der Waals surface area contributed by atoms with Gasteiger partial charge in [-0.3, -0.25) is 0 Å². The summed E-state index contributed by atoms with van der Waals surface area (Å²) in [5, 5.41) is 0. The molecule has 1 nitrogen and oxygen atoms in total. The lowest BCUT2D eigenvalue weighted by Crippen LogP contribution is -2.49. The fraction of sp³-hybridized carbons (Fsp3) is 0.750. The summed E-state index contributed by atoms with van der Waals surface area (Å²) < 4.78 is 2.63. The first-order chi connectivity index (χ1) is 5.27. The van der Waals surface area contributed by atoms with E-state index in [-0.39, 0.29) is 0 Å². The predicted molar refractivity (Wildman–Crippen MR) is 70.1 cm³/mol. The Balaban J connectivity index is 0. The van der Waals surface area contributed by atoms with E-state index in [1.165, 1.54) is 0 Å². The van der Waals surface area contributed by atoms with Gasteiger partial charge < -0.3 is 4.23 Å². The lowest BCUT2D eigenvalue weighted by atomic mass is 11.3. The molecule has 0 aliphatic heterocycles. The van der Waals surface area contributed by atoms with E-state index in [1.54, 1.807) is 0 Å². The average molecular weight is 220 g/mol. The van der Waals surface area contributed by atoms with Crippen LogP contribution in [0.1, 0.15) is 0 Å². The zero-order valence-corrected chi connectivity index (χ0v) is 14.0. The van der Waals surface area contributed by atoms with Crippen LogP contribution in [0, 0.1) is 0 Å². The van der Waals surface area contributed by atoms with Crippen LogP contribution in [0.5, 0.6) is 0 Å². The summed E-state index contributed by atoms with van der Waals surface area (Å²) in [6.07, 6.45) is 0. The molecule has 0 radical (unpaired) electrons. The second-order valence-electron chi connectivity index (χ2n) is 4.28. The maximum Gasteiger partial charge on any atom is 0.111 e. The normalized spacial score (nSPS) is 11.3. The Bertz CT molecular complexity index is 118. The minimum atomic E-state index is -0.929. The lowest BCUT2D eigenvalue weighted by molar-refractivity contribution is 0.784. The minimum absolute atomic E-state index is 0.495. The molecule has 0 saturated heterocycles. The van der Waals surface area contributed by atoms with Crippen LogP contribution in [0.25, 0.3) is 0 Å². The summed E-state index contributed by atoms with van der Waals surface area (Å²) in [5.74, 6) is 0. The summed E-state index contributed by atoms with van der Waals surface area (Å²) >= 11 is 0. The molecule has 0 aliphatic rings. The van der Waals surface area contributed by atoms with Crippen molar-refractivity contribution in [2.24, 2.45) is 0 Å². The maximum absolute atomic E-state index is 3.42. The Labute approximate surface area is 84.1 Å². The van der Waals surface area contributed by atoms with Crippen molar-refractivity contribution in [3.63, 3.8) is 0 Å². The van der Waals surface area contributed by atoms with E-state index < -0.39 is 17.2 Å². The van der Waals surface area contributed by atoms with Gasteiger partial charge in [-0.05, 0) is 7.05 Å². The topological polar surface area (TPSA) is 3.24 Å². The SMILES string of the molecule is C=C[SiH3].CN([SiH](C)C)[Si](C)(C)C. The van der Waals surface area contributed by atoms with Crippen LogP contribution in [0.2, 0.25) is 32.7 Å². The van der Waals surface area contributed by atoms with Gasteiger partial charge in [-0.1, -0.05) is 32.7 Å². The predicted octanol–water partition coefficient (Wildman–Crippen LogP) is 1.23. The molecule has 0 rings (SSSR count). The standard InChI is InChI=1S/C6H19NSi2.C2H6Si/c1-7(8(2)3)9(4,5)6;1-2-3/h8H,1-6H3;2H,1H2,3H3. The van der Waals surface area contributed by atoms with Gasteiger partial charge in [0.2, 0.25) is 0 Å². The van der Waals surface area contributed by atoms with Gasteiger partial charge in [0.1, 0.15) is 8.24 Å². The van der Waals surface area contributed by atoms with Crippen LogP contribution in [0.4, 0.5) is 0 Å². The molecule has 0 aromatic heterocycles. The van der Waals surface area contributed by atoms with E-state index in [0.717, 1.165) is 10.2 Å². The van der Waals surface area contributed by atoms with Gasteiger partial charge in [-0.15, -0.1) is 12.3 Å². The first kappa shape index (κ1) is 14.9. The van der Waals surface area contributed by atoms with Gasteiger partial charge >= 0.3 is 0 Å². The highest BCUT2D eigenvalue weighted by Crippen LogP contribution is 2.07. The smallest absolute Gasteiger partial charge is 0.111 e. The van der Waals surface area contributed by atoms with Crippen LogP contribution >= 0.6 is 0 Å². The van der Waals surface area contributed by atoms with Crippen molar-refractivity contribution in [1.29, 1.82) is 0 Å². The van der Waals surface area contributed by atoms with Crippen molar-refractivity contribution >= 4 is 27.4 Å². The number of hydrogen-bond donors (Lipinski definition) is 0. The maximum atomic E-state index is 3.42. The summed E-state index contributed by atoms with van der Waals surface area (Å²) in [6, 6.07) is 0. The molecule has 0 aromatic rings. The van der Waals surface area contributed by atoms with Crippen LogP contribution in [0.15, 0.2) is 12.3 Å². The van der Waals surface area contributed by atoms with E-state index in [0.29, 0.717) is 0 Å². The Hall–Kier alpha value is 0.351. The quantitative estimate of drug-likeness (QED) is 0.632. The highest BCUT2D eigenvalue weighted by Gasteiger charge is 2.21. The molecule has 74 valence electrons. The zero-order chi connectivity index (χ0) is 10.4. The molecule has 0 N–H and O–H groups in total. The highest BCUT2D eigenvalue weighted by atomic mass is 28.4. The zero-order valence-electron chi connectivity index (χ0n) is 9.81. The van der Waals surface area contributed by atoms with Gasteiger partial charge in [0, 0.05) is 10.2 Å². The molecule has 12 heavy (non-hydrogen) atoms. The molecule has 0 heterocycles. The molecule has 0 amide bonds. The third-order valence-corrected chi connectivity index (χ3v) is 9.37. The fourth-order valence-corrected chi connectivity index (χ4v) is 6.97. The number of rotatable bonds is 2. The summed E-state index contributed by atoms with van der Waals surface area (Å²) in [4.78, 5) is 0. The van der Waals surface area contributed by atoms with E-state index >= 15 is 0 Å². The molecule has 0 saturated carbocycles. The van der Waals surface area contributed by atoms with Crippen molar-refractivity contribution in [3.8, 4) is 0 Å². The molecule has 0 aliphatic carbocycles. The van der Waals surface area contributed by atoms with Crippen molar-refractivity contribution in [3.05, 3.63) is 12.3 Å². The van der Waals surface area contributed by atoms with E-state index in [9.17, 15) is 0 Å². The molecule has 0 bridgehead atoms. The van der Waals surface area contributed by atoms with E-state index in [4.69, 9.17) is 0 Å². The summed E-state index contributed by atoms with van der Waals surface area (Å²) in [7, 11) is 1.99. The number of hydrogen-bond acceptors (Lipinski definition) is 1. The Kier molecular flexibility index (Phi) is 8.44. The van der Waals surface area contributed by atoms with Crippen molar-refractivity contribution in [2.45, 2.75) is 32.7 Å². The second-order valence-corrected chi connectivity index (χ2v) is 13.6. The molecule has 0 atom stereocenters. The molecule has 0 fully saturated rings. The molecule has 0 aromatic carbocycles. The van der Waals surface area contributed by atoms with Gasteiger partial charge in [0.25, 0.3) is 0 Å². The van der Waals surface area contributed by atoms with Crippen LogP contribution in [-0.4, -0.2) is 38.7 Å². The average Bonchev–Trinajstić information content (AvgIpc) is 1.85. The lowest BCUT2D eigenvalue weighted by Gasteiger charge is -2.33. The van der Waals surface area contributed by atoms with Gasteiger partial charge in [-0.25, -0.2) is 0 Å². The Morgan fingerprint density at radius 1 is 1.33 bits per heavy atom. The van der Waals surface area contributed by atoms with Gasteiger partial charge in [-0.2, -0.15) is 0 Å². The first-order valence-corrected chi connectivity index (χ1v) is 12.0. The van der Waals surface area contributed by atoms with Crippen molar-refractivity contribution in [2.75, 3.05) is 7.05 Å². The van der Waals surface area contributed by atoms with Gasteiger partial charge in [0.15, 0.2) is 0 Å². The first-order valence-electron chi connectivity index (χ1n) is 4.57. The largest absolute Gasteiger partial charge is 0.351 e. The Morgan fingerprint density at radius 3 is 1.58 bits per heavy atom. The second kappa shape index (κ2) is 6.82. The van der Waals surface area contributed by atoms with Crippen LogP contribution in [-0.2, 0) is 0 Å². The fourth-order valence-electron chi connectivity index (χ4n) is 0.775. The van der Waals surface area contributed by atoms with Crippen molar-refractivity contribution < 1.29 is 0 Å². The highest BCUT2D eigenvalue weighted by molar-refractivity contribution is 6.82. The third kappa shape index (κ3) is 8.45. The minimum Gasteiger partial charge on any atom is -0.351 e. The van der Waals surface area contributed by atoms with Gasteiger partial charge in [0.05, 0.1) is 8.96 Å². The monoisotopic (exact) mass is 219 g/mol. The molecule has 0 unspecified atom stereocenters. The van der Waals surface area contributed by atoms with Crippen molar-refractivity contribution in [1.82, 2.24) is 4.23 Å².